The van der Waals surface area contributed by atoms with Crippen molar-refractivity contribution in [1.82, 2.24) is 0 Å². The predicted molar refractivity (Wildman–Crippen MR) is 45.5 cm³/mol. The maximum Gasteiger partial charge on any atom is 0.333 e. The van der Waals surface area contributed by atoms with Crippen molar-refractivity contribution >= 4 is 26.6 Å². The molecule has 0 aromatic rings. The molecule has 1 fully saturated rings. The van der Waals surface area contributed by atoms with Crippen molar-refractivity contribution in [2.75, 3.05) is 0 Å². The van der Waals surface area contributed by atoms with Gasteiger partial charge in [0.1, 0.15) is 6.10 Å². The molecule has 4 heteroatoms. The van der Waals surface area contributed by atoms with Crippen molar-refractivity contribution in [2.45, 2.75) is 25.9 Å². The molecule has 11 heavy (non-hydrogen) atoms. The number of esters is 1. The molecule has 0 aromatic heterocycles. The Kier molecular flexibility index (Phi) is 5.24. The zero-order chi connectivity index (χ0) is 8.85. The maximum atomic E-state index is 10.7. The smallest absolute Gasteiger partial charge is 0.333 e. The van der Waals surface area contributed by atoms with Crippen molar-refractivity contribution in [2.24, 2.45) is 0 Å². The van der Waals surface area contributed by atoms with E-state index in [2.05, 4.69) is 27.2 Å². The molecule has 0 aromatic carbocycles. The summed E-state index contributed by atoms with van der Waals surface area (Å²) in [5, 5.41) is 0. The standard InChI is InChI=1S/C7H10O2.ClSi/c1-5(2)7(8)9-6-3-4-6;1-2/h6H,1,3-4H2,2H3;. The third-order valence-corrected chi connectivity index (χ3v) is 1.15. The van der Waals surface area contributed by atoms with Crippen LogP contribution in [0, 0.1) is 0 Å². The first-order valence-electron chi connectivity index (χ1n) is 3.25. The fourth-order valence-corrected chi connectivity index (χ4v) is 0.438. The molecule has 1 saturated carbocycles. The average Bonchev–Trinajstić information content (AvgIpc) is 2.76. The van der Waals surface area contributed by atoms with E-state index in [9.17, 15) is 4.79 Å². The van der Waals surface area contributed by atoms with Crippen LogP contribution in [0.3, 0.4) is 0 Å². The number of rotatable bonds is 2. The number of carbonyl (C=O) groups is 1. The van der Waals surface area contributed by atoms with Gasteiger partial charge in [-0.15, -0.1) is 0 Å². The molecule has 1 aliphatic rings. The van der Waals surface area contributed by atoms with E-state index in [0.717, 1.165) is 12.8 Å². The first-order valence-corrected chi connectivity index (χ1v) is 4.76. The normalized spacial score (nSPS) is 14.5. The minimum atomic E-state index is -0.252. The van der Waals surface area contributed by atoms with Gasteiger partial charge >= 0.3 is 5.97 Å². The largest absolute Gasteiger partial charge is 0.459 e. The Bertz CT molecular complexity index is 155. The second-order valence-corrected chi connectivity index (χ2v) is 2.38. The molecular weight excluding hydrogens is 180 g/mol. The van der Waals surface area contributed by atoms with Gasteiger partial charge in [-0.2, -0.15) is 11.1 Å². The molecule has 61 valence electrons. The van der Waals surface area contributed by atoms with Crippen LogP contribution < -0.4 is 0 Å². The van der Waals surface area contributed by atoms with E-state index in [1.165, 1.54) is 0 Å². The second kappa shape index (κ2) is 5.38. The van der Waals surface area contributed by atoms with Gasteiger partial charge in [0, 0.05) is 5.57 Å². The third-order valence-electron chi connectivity index (χ3n) is 1.15. The monoisotopic (exact) mass is 189 g/mol. The summed E-state index contributed by atoms with van der Waals surface area (Å²) >= 11 is 4.44. The van der Waals surface area contributed by atoms with Crippen LogP contribution in [0.2, 0.25) is 0 Å². The van der Waals surface area contributed by atoms with E-state index in [0.29, 0.717) is 5.57 Å². The lowest BCUT2D eigenvalue weighted by molar-refractivity contribution is -0.140. The van der Waals surface area contributed by atoms with Crippen LogP contribution in [0.1, 0.15) is 19.8 Å². The number of carbonyl (C=O) groups excluding carboxylic acids is 1. The minimum absolute atomic E-state index is 0.203. The first kappa shape index (κ1) is 10.7. The fourth-order valence-electron chi connectivity index (χ4n) is 0.438. The van der Waals surface area contributed by atoms with Crippen molar-refractivity contribution in [1.29, 1.82) is 0 Å². The Morgan fingerprint density at radius 3 is 2.36 bits per heavy atom. The summed E-state index contributed by atoms with van der Waals surface area (Å²) in [7, 11) is 2.44. The highest BCUT2D eigenvalue weighted by Gasteiger charge is 2.25. The lowest BCUT2D eigenvalue weighted by Crippen LogP contribution is -2.05. The van der Waals surface area contributed by atoms with Crippen molar-refractivity contribution < 1.29 is 9.53 Å². The van der Waals surface area contributed by atoms with E-state index in [1.54, 1.807) is 6.92 Å². The predicted octanol–water partition coefficient (Wildman–Crippen LogP) is 1.58. The maximum absolute atomic E-state index is 10.7. The van der Waals surface area contributed by atoms with Crippen LogP contribution in [-0.4, -0.2) is 21.6 Å². The topological polar surface area (TPSA) is 26.3 Å². The van der Waals surface area contributed by atoms with E-state index >= 15 is 0 Å². The van der Waals surface area contributed by atoms with Gasteiger partial charge in [0.05, 0.1) is 0 Å². The van der Waals surface area contributed by atoms with Gasteiger partial charge in [-0.1, -0.05) is 6.58 Å². The minimum Gasteiger partial charge on any atom is -0.459 e. The summed E-state index contributed by atoms with van der Waals surface area (Å²) in [5.74, 6) is -0.252. The summed E-state index contributed by atoms with van der Waals surface area (Å²) in [6, 6.07) is 0. The molecule has 3 radical (unpaired) electrons. The molecule has 1 rings (SSSR count). The molecular formula is C7H10ClO2Si. The van der Waals surface area contributed by atoms with Crippen LogP contribution >= 0.6 is 11.1 Å². The Morgan fingerprint density at radius 1 is 1.64 bits per heavy atom. The van der Waals surface area contributed by atoms with Gasteiger partial charge in [0.25, 0.3) is 0 Å². The highest BCUT2D eigenvalue weighted by atomic mass is 35.6. The SMILES string of the molecule is C=C(C)C(=O)OC1CC1.[Si]Cl. The molecule has 2 nitrogen and oxygen atoms in total. The number of hydrogen-bond acceptors (Lipinski definition) is 2. The van der Waals surface area contributed by atoms with Gasteiger partial charge in [-0.05, 0) is 19.8 Å². The van der Waals surface area contributed by atoms with Gasteiger partial charge in [0.15, 0.2) is 9.55 Å². The van der Waals surface area contributed by atoms with Crippen LogP contribution in [-0.2, 0) is 9.53 Å². The summed E-state index contributed by atoms with van der Waals surface area (Å²) in [6.45, 7) is 5.12. The van der Waals surface area contributed by atoms with E-state index < -0.39 is 0 Å². The molecule has 0 N–H and O–H groups in total. The Balaban J connectivity index is 0.000000461. The van der Waals surface area contributed by atoms with Crippen LogP contribution in [0.4, 0.5) is 0 Å². The summed E-state index contributed by atoms with van der Waals surface area (Å²) in [5.41, 5.74) is 0.488. The summed E-state index contributed by atoms with van der Waals surface area (Å²) in [6.07, 6.45) is 2.26. The molecule has 0 unspecified atom stereocenters. The summed E-state index contributed by atoms with van der Waals surface area (Å²) < 4.78 is 4.88. The molecule has 0 amide bonds. The molecule has 0 spiro atoms. The molecule has 0 heterocycles. The fraction of sp³-hybridized carbons (Fsp3) is 0.571. The van der Waals surface area contributed by atoms with Gasteiger partial charge in [0.2, 0.25) is 0 Å². The lowest BCUT2D eigenvalue weighted by atomic mass is 10.4. The van der Waals surface area contributed by atoms with Crippen LogP contribution in [0.25, 0.3) is 0 Å². The quantitative estimate of drug-likeness (QED) is 0.285. The van der Waals surface area contributed by atoms with Gasteiger partial charge in [-0.3, -0.25) is 0 Å². The Hall–Kier alpha value is -0.283. The third kappa shape index (κ3) is 5.04. The Morgan fingerprint density at radius 2 is 2.09 bits per heavy atom. The van der Waals surface area contributed by atoms with Crippen molar-refractivity contribution in [3.05, 3.63) is 12.2 Å². The molecule has 0 saturated heterocycles. The molecule has 1 aliphatic carbocycles. The second-order valence-electron chi connectivity index (χ2n) is 2.38. The zero-order valence-corrected chi connectivity index (χ0v) is 8.15. The molecule has 0 aliphatic heterocycles. The van der Waals surface area contributed by atoms with Gasteiger partial charge < -0.3 is 4.74 Å². The highest BCUT2D eigenvalue weighted by molar-refractivity contribution is 6.80. The molecule has 0 bridgehead atoms. The number of ether oxygens (including phenoxy) is 1. The van der Waals surface area contributed by atoms with E-state index in [-0.39, 0.29) is 12.1 Å². The lowest BCUT2D eigenvalue weighted by Gasteiger charge is -1.98. The average molecular weight is 190 g/mol. The molecule has 0 atom stereocenters. The van der Waals surface area contributed by atoms with Crippen LogP contribution in [0.5, 0.6) is 0 Å². The van der Waals surface area contributed by atoms with E-state index in [1.807, 2.05) is 0 Å². The summed E-state index contributed by atoms with van der Waals surface area (Å²) in [4.78, 5) is 10.7. The zero-order valence-electron chi connectivity index (χ0n) is 6.39. The van der Waals surface area contributed by atoms with E-state index in [4.69, 9.17) is 4.74 Å². The highest BCUT2D eigenvalue weighted by Crippen LogP contribution is 2.24. The van der Waals surface area contributed by atoms with Crippen molar-refractivity contribution in [3.63, 3.8) is 0 Å². The number of hydrogen-bond donors (Lipinski definition) is 0. The van der Waals surface area contributed by atoms with Gasteiger partial charge in [-0.25, -0.2) is 4.79 Å². The Labute approximate surface area is 74.7 Å². The number of halogens is 1. The first-order chi connectivity index (χ1) is 5.20. The van der Waals surface area contributed by atoms with Crippen LogP contribution in [0.15, 0.2) is 12.2 Å². The van der Waals surface area contributed by atoms with Crippen molar-refractivity contribution in [3.8, 4) is 0 Å².